The Labute approximate surface area is 149 Å². The van der Waals surface area contributed by atoms with Gasteiger partial charge in [-0.15, -0.1) is 0 Å². The van der Waals surface area contributed by atoms with Crippen molar-refractivity contribution in [1.29, 1.82) is 0 Å². The molecule has 0 radical (unpaired) electrons. The first-order chi connectivity index (χ1) is 11.8. The Balaban J connectivity index is 1.52. The highest BCUT2D eigenvalue weighted by Crippen LogP contribution is 2.48. The second-order valence-electron chi connectivity index (χ2n) is 8.27. The summed E-state index contributed by atoms with van der Waals surface area (Å²) in [6, 6.07) is 9.04. The summed E-state index contributed by atoms with van der Waals surface area (Å²) in [5.41, 5.74) is 1.55. The lowest BCUT2D eigenvalue weighted by Crippen LogP contribution is -2.30. The molecule has 0 aliphatic heterocycles. The summed E-state index contributed by atoms with van der Waals surface area (Å²) in [7, 11) is 0. The number of fused-ring (bicyclic) bond motifs is 1. The van der Waals surface area contributed by atoms with E-state index in [1.54, 1.807) is 5.56 Å². The molecule has 1 aromatic rings. The lowest BCUT2D eigenvalue weighted by Gasteiger charge is -2.42. The number of benzene rings is 1. The Morgan fingerprint density at radius 3 is 2.38 bits per heavy atom. The average molecular weight is 329 g/mol. The highest BCUT2D eigenvalue weighted by molar-refractivity contribution is 5.30. The van der Waals surface area contributed by atoms with Gasteiger partial charge < -0.3 is 4.74 Å². The van der Waals surface area contributed by atoms with Crippen LogP contribution in [0.4, 0.5) is 0 Å². The highest BCUT2D eigenvalue weighted by Gasteiger charge is 2.35. The summed E-state index contributed by atoms with van der Waals surface area (Å²) in [6.45, 7) is 5.40. The molecule has 1 aromatic carbocycles. The average Bonchev–Trinajstić information content (AvgIpc) is 2.62. The van der Waals surface area contributed by atoms with Crippen LogP contribution in [0.5, 0.6) is 5.75 Å². The third-order valence-electron chi connectivity index (χ3n) is 6.54. The quantitative estimate of drug-likeness (QED) is 0.491. The zero-order chi connectivity index (χ0) is 16.8. The van der Waals surface area contributed by atoms with Crippen LogP contribution in [-0.2, 0) is 0 Å². The van der Waals surface area contributed by atoms with Crippen molar-refractivity contribution in [3.8, 4) is 5.75 Å². The molecule has 24 heavy (non-hydrogen) atoms. The second kappa shape index (κ2) is 8.92. The molecule has 0 spiro atoms. The monoisotopic (exact) mass is 328 g/mol. The minimum absolute atomic E-state index is 0.790. The first kappa shape index (κ1) is 17.8. The van der Waals surface area contributed by atoms with Crippen LogP contribution in [0.15, 0.2) is 24.3 Å². The van der Waals surface area contributed by atoms with E-state index in [1.165, 1.54) is 57.8 Å². The third kappa shape index (κ3) is 4.55. The number of rotatable bonds is 7. The first-order valence-electron chi connectivity index (χ1n) is 10.5. The molecule has 2 aliphatic carbocycles. The lowest BCUT2D eigenvalue weighted by atomic mass is 9.63. The highest BCUT2D eigenvalue weighted by atomic mass is 16.5. The largest absolute Gasteiger partial charge is 0.494 e. The van der Waals surface area contributed by atoms with Crippen molar-refractivity contribution in [2.24, 2.45) is 17.8 Å². The van der Waals surface area contributed by atoms with Gasteiger partial charge in [-0.3, -0.25) is 0 Å². The molecule has 0 N–H and O–H groups in total. The van der Waals surface area contributed by atoms with Gasteiger partial charge in [-0.1, -0.05) is 51.7 Å². The molecule has 2 aliphatic rings. The van der Waals surface area contributed by atoms with Gasteiger partial charge in [0, 0.05) is 0 Å². The summed E-state index contributed by atoms with van der Waals surface area (Å²) in [6.07, 6.45) is 14.0. The topological polar surface area (TPSA) is 9.23 Å². The summed E-state index contributed by atoms with van der Waals surface area (Å²) in [5.74, 6) is 4.90. The summed E-state index contributed by atoms with van der Waals surface area (Å²) < 4.78 is 5.81. The van der Waals surface area contributed by atoms with Gasteiger partial charge in [0.2, 0.25) is 0 Å². The van der Waals surface area contributed by atoms with Crippen molar-refractivity contribution >= 4 is 0 Å². The van der Waals surface area contributed by atoms with E-state index in [4.69, 9.17) is 4.74 Å². The Hall–Kier alpha value is -0.980. The van der Waals surface area contributed by atoms with E-state index in [9.17, 15) is 0 Å². The number of ether oxygens (including phenoxy) is 1. The molecule has 134 valence electrons. The molecule has 1 nitrogen and oxygen atoms in total. The minimum atomic E-state index is 0.790. The van der Waals surface area contributed by atoms with Gasteiger partial charge >= 0.3 is 0 Å². The van der Waals surface area contributed by atoms with Crippen molar-refractivity contribution in [3.05, 3.63) is 29.8 Å². The zero-order valence-corrected chi connectivity index (χ0v) is 15.8. The van der Waals surface area contributed by atoms with Crippen LogP contribution in [-0.4, -0.2) is 6.61 Å². The first-order valence-corrected chi connectivity index (χ1v) is 10.5. The van der Waals surface area contributed by atoms with E-state index in [0.717, 1.165) is 42.4 Å². The number of hydrogen-bond acceptors (Lipinski definition) is 1. The van der Waals surface area contributed by atoms with Gasteiger partial charge in [-0.05, 0) is 79.9 Å². The molecular weight excluding hydrogens is 292 g/mol. The Morgan fingerprint density at radius 2 is 1.62 bits per heavy atom. The maximum Gasteiger partial charge on any atom is 0.119 e. The molecule has 0 unspecified atom stereocenters. The summed E-state index contributed by atoms with van der Waals surface area (Å²) >= 11 is 0. The Bertz CT molecular complexity index is 477. The van der Waals surface area contributed by atoms with E-state index < -0.39 is 0 Å². The molecule has 1 heteroatoms. The van der Waals surface area contributed by atoms with Crippen molar-refractivity contribution < 1.29 is 4.74 Å². The number of unbranched alkanes of at least 4 members (excludes halogenated alkanes) is 1. The summed E-state index contributed by atoms with van der Waals surface area (Å²) in [5, 5.41) is 0. The van der Waals surface area contributed by atoms with E-state index in [0.29, 0.717) is 0 Å². The smallest absolute Gasteiger partial charge is 0.119 e. The Kier molecular flexibility index (Phi) is 6.63. The molecular formula is C23H36O. The molecule has 0 amide bonds. The Morgan fingerprint density at radius 1 is 0.875 bits per heavy atom. The molecule has 0 saturated heterocycles. The molecule has 0 aromatic heterocycles. The van der Waals surface area contributed by atoms with Crippen LogP contribution < -0.4 is 4.74 Å². The molecule has 3 rings (SSSR count). The number of hydrogen-bond donors (Lipinski definition) is 0. The lowest BCUT2D eigenvalue weighted by molar-refractivity contribution is 0.114. The van der Waals surface area contributed by atoms with Crippen LogP contribution >= 0.6 is 0 Å². The fraction of sp³-hybridized carbons (Fsp3) is 0.739. The van der Waals surface area contributed by atoms with Gasteiger partial charge in [-0.25, -0.2) is 0 Å². The predicted molar refractivity (Wildman–Crippen MR) is 103 cm³/mol. The van der Waals surface area contributed by atoms with Gasteiger partial charge in [0.25, 0.3) is 0 Å². The third-order valence-corrected chi connectivity index (χ3v) is 6.54. The fourth-order valence-electron chi connectivity index (χ4n) is 5.13. The van der Waals surface area contributed by atoms with Gasteiger partial charge in [0.05, 0.1) is 6.61 Å². The van der Waals surface area contributed by atoms with Crippen LogP contribution in [0.3, 0.4) is 0 Å². The zero-order valence-electron chi connectivity index (χ0n) is 15.8. The van der Waals surface area contributed by atoms with Crippen molar-refractivity contribution in [1.82, 2.24) is 0 Å². The van der Waals surface area contributed by atoms with Crippen LogP contribution in [0.1, 0.15) is 89.5 Å². The maximum atomic E-state index is 5.81. The summed E-state index contributed by atoms with van der Waals surface area (Å²) in [4.78, 5) is 0. The van der Waals surface area contributed by atoms with Crippen LogP contribution in [0.2, 0.25) is 0 Å². The van der Waals surface area contributed by atoms with Crippen LogP contribution in [0, 0.1) is 17.8 Å². The molecule has 4 atom stereocenters. The SMILES string of the molecule is CCCCOc1ccc([C@@H]2CC[C@H]3C[C@@H](CCC)CC[C@@H]3C2)cc1. The predicted octanol–water partition coefficient (Wildman–Crippen LogP) is 6.97. The maximum absolute atomic E-state index is 5.81. The van der Waals surface area contributed by atoms with Gasteiger partial charge in [0.15, 0.2) is 0 Å². The van der Waals surface area contributed by atoms with Gasteiger partial charge in [-0.2, -0.15) is 0 Å². The van der Waals surface area contributed by atoms with E-state index in [1.807, 2.05) is 0 Å². The van der Waals surface area contributed by atoms with Crippen molar-refractivity contribution in [3.63, 3.8) is 0 Å². The molecule has 2 saturated carbocycles. The standard InChI is InChI=1S/C23H36O/c1-3-5-15-24-23-13-11-19(12-14-23)21-10-9-20-16-18(6-4-2)7-8-22(20)17-21/h11-14,18,20-22H,3-10,15-17H2,1-2H3/t18-,20-,21+,22+/m0/s1. The fourth-order valence-corrected chi connectivity index (χ4v) is 5.13. The van der Waals surface area contributed by atoms with E-state index in [2.05, 4.69) is 38.1 Å². The minimum Gasteiger partial charge on any atom is -0.494 e. The van der Waals surface area contributed by atoms with Gasteiger partial charge in [0.1, 0.15) is 5.75 Å². The molecule has 0 heterocycles. The second-order valence-corrected chi connectivity index (χ2v) is 8.27. The normalized spacial score (nSPS) is 29.9. The van der Waals surface area contributed by atoms with E-state index in [-0.39, 0.29) is 0 Å². The molecule has 0 bridgehead atoms. The van der Waals surface area contributed by atoms with Crippen LogP contribution in [0.25, 0.3) is 0 Å². The molecule has 2 fully saturated rings. The van der Waals surface area contributed by atoms with Crippen molar-refractivity contribution in [2.75, 3.05) is 6.61 Å². The van der Waals surface area contributed by atoms with E-state index >= 15 is 0 Å². The van der Waals surface area contributed by atoms with Crippen molar-refractivity contribution in [2.45, 2.75) is 84.0 Å².